The lowest BCUT2D eigenvalue weighted by Gasteiger charge is -2.25. The predicted molar refractivity (Wildman–Crippen MR) is 146 cm³/mol. The molecule has 0 heterocycles. The van der Waals surface area contributed by atoms with Gasteiger partial charge in [0.15, 0.2) is 0 Å². The molecule has 9 heteroatoms. The second-order valence-corrected chi connectivity index (χ2v) is 9.51. The number of hydrogen-bond acceptors (Lipinski definition) is 4. The Hall–Kier alpha value is -3.75. The maximum absolute atomic E-state index is 13.5. The first-order chi connectivity index (χ1) is 18.7. The first-order valence-electron chi connectivity index (χ1n) is 12.4. The van der Waals surface area contributed by atoms with E-state index in [2.05, 4.69) is 10.1 Å². The van der Waals surface area contributed by atoms with Crippen molar-refractivity contribution in [3.8, 4) is 5.75 Å². The van der Waals surface area contributed by atoms with Crippen molar-refractivity contribution in [3.05, 3.63) is 117 Å². The molecule has 0 saturated carbocycles. The summed E-state index contributed by atoms with van der Waals surface area (Å²) in [6.07, 6.45) is -4.06. The summed E-state index contributed by atoms with van der Waals surface area (Å²) in [7, 11) is 0. The van der Waals surface area contributed by atoms with E-state index in [0.29, 0.717) is 43.0 Å². The highest BCUT2D eigenvalue weighted by Crippen LogP contribution is 2.36. The molecule has 0 radical (unpaired) electrons. The molecule has 0 fully saturated rings. The zero-order valence-electron chi connectivity index (χ0n) is 21.0. The number of rotatable bonds is 11. The van der Waals surface area contributed by atoms with Gasteiger partial charge in [0.05, 0.1) is 23.6 Å². The van der Waals surface area contributed by atoms with Gasteiger partial charge in [0, 0.05) is 24.8 Å². The number of benzene rings is 4. The highest BCUT2D eigenvalue weighted by atomic mass is 35.5. The van der Waals surface area contributed by atoms with E-state index < -0.39 is 17.6 Å². The van der Waals surface area contributed by atoms with Gasteiger partial charge in [-0.1, -0.05) is 78.3 Å². The standard InChI is InChI=1S/C30H26ClF3N2O3/c31-29-24(11-5-14-27(29)30(32,33)34)20-36(19-23-10-4-9-22-8-1-2-13-26(22)23)15-6-16-39-25-12-3-7-21(17-25)18-28(37)35-38/h1-5,7-14,17H,6,15-16,18-20H2. The molecule has 202 valence electrons. The number of carbonyl (C=O) groups excluding carboxylic acids is 1. The van der Waals surface area contributed by atoms with Crippen LogP contribution in [0.25, 0.3) is 10.8 Å². The van der Waals surface area contributed by atoms with Gasteiger partial charge in [-0.15, -0.1) is 4.91 Å². The Morgan fingerprint density at radius 1 is 0.897 bits per heavy atom. The van der Waals surface area contributed by atoms with Crippen LogP contribution in [0, 0.1) is 4.91 Å². The molecule has 0 aliphatic rings. The van der Waals surface area contributed by atoms with E-state index in [9.17, 15) is 22.9 Å². The minimum absolute atomic E-state index is 0.0999. The van der Waals surface area contributed by atoms with Crippen molar-refractivity contribution in [3.63, 3.8) is 0 Å². The van der Waals surface area contributed by atoms with Crippen molar-refractivity contribution in [2.45, 2.75) is 32.1 Å². The molecule has 0 aliphatic carbocycles. The molecular formula is C30H26ClF3N2O3. The lowest BCUT2D eigenvalue weighted by molar-refractivity contribution is -0.137. The molecule has 0 spiro atoms. The normalized spacial score (nSPS) is 11.6. The maximum atomic E-state index is 13.5. The van der Waals surface area contributed by atoms with E-state index in [1.807, 2.05) is 42.5 Å². The summed E-state index contributed by atoms with van der Waals surface area (Å²) < 4.78 is 46.2. The smallest absolute Gasteiger partial charge is 0.417 e. The van der Waals surface area contributed by atoms with Crippen molar-refractivity contribution in [2.24, 2.45) is 5.18 Å². The topological polar surface area (TPSA) is 59.0 Å². The SMILES string of the molecule is O=NC(=O)Cc1cccc(OCCCN(Cc2cccc(C(F)(F)F)c2Cl)Cc2cccc3ccccc23)c1. The van der Waals surface area contributed by atoms with E-state index in [-0.39, 0.29) is 18.0 Å². The molecule has 4 aromatic rings. The molecule has 0 N–H and O–H groups in total. The second-order valence-electron chi connectivity index (χ2n) is 9.14. The van der Waals surface area contributed by atoms with Crippen LogP contribution in [0.5, 0.6) is 5.75 Å². The summed E-state index contributed by atoms with van der Waals surface area (Å²) in [6, 6.07) is 24.8. The van der Waals surface area contributed by atoms with Crippen LogP contribution in [0.2, 0.25) is 5.02 Å². The number of nitroso groups, excluding NO2 is 1. The number of halogens is 4. The van der Waals surface area contributed by atoms with Crippen molar-refractivity contribution >= 4 is 28.3 Å². The van der Waals surface area contributed by atoms with Crippen molar-refractivity contribution in [1.82, 2.24) is 4.90 Å². The van der Waals surface area contributed by atoms with Gasteiger partial charge in [-0.3, -0.25) is 9.69 Å². The number of nitrogens with zero attached hydrogens (tertiary/aromatic N) is 2. The fraction of sp³-hybridized carbons (Fsp3) is 0.233. The molecule has 4 rings (SSSR count). The molecule has 0 bridgehead atoms. The van der Waals surface area contributed by atoms with Gasteiger partial charge in [-0.05, 0) is 52.1 Å². The Morgan fingerprint density at radius 2 is 1.59 bits per heavy atom. The van der Waals surface area contributed by atoms with Gasteiger partial charge < -0.3 is 4.74 Å². The third kappa shape index (κ3) is 7.65. The quantitative estimate of drug-likeness (QED) is 0.140. The fourth-order valence-corrected chi connectivity index (χ4v) is 4.77. The average Bonchev–Trinajstić information content (AvgIpc) is 2.92. The molecular weight excluding hydrogens is 529 g/mol. The lowest BCUT2D eigenvalue weighted by Crippen LogP contribution is -2.26. The van der Waals surface area contributed by atoms with Crippen LogP contribution in [-0.2, 0) is 30.5 Å². The Balaban J connectivity index is 1.49. The molecule has 39 heavy (non-hydrogen) atoms. The number of carbonyl (C=O) groups is 1. The van der Waals surface area contributed by atoms with Gasteiger partial charge in [0.1, 0.15) is 5.75 Å². The largest absolute Gasteiger partial charge is 0.494 e. The van der Waals surface area contributed by atoms with Crippen LogP contribution in [0.3, 0.4) is 0 Å². The van der Waals surface area contributed by atoms with Crippen LogP contribution in [0.15, 0.2) is 90.1 Å². The van der Waals surface area contributed by atoms with Crippen molar-refractivity contribution < 1.29 is 22.7 Å². The Bertz CT molecular complexity index is 1450. The number of ether oxygens (including phenoxy) is 1. The van der Waals surface area contributed by atoms with Gasteiger partial charge in [0.2, 0.25) is 0 Å². The van der Waals surface area contributed by atoms with Gasteiger partial charge >= 0.3 is 6.18 Å². The Morgan fingerprint density at radius 3 is 2.38 bits per heavy atom. The highest BCUT2D eigenvalue weighted by molar-refractivity contribution is 6.32. The molecule has 0 aromatic heterocycles. The summed E-state index contributed by atoms with van der Waals surface area (Å²) in [5, 5.41) is 4.28. The monoisotopic (exact) mass is 554 g/mol. The van der Waals surface area contributed by atoms with Crippen LogP contribution in [-0.4, -0.2) is 24.0 Å². The molecule has 0 atom stereocenters. The van der Waals surface area contributed by atoms with E-state index in [1.165, 1.54) is 6.07 Å². The van der Waals surface area contributed by atoms with Crippen molar-refractivity contribution in [2.75, 3.05) is 13.2 Å². The zero-order chi connectivity index (χ0) is 27.8. The van der Waals surface area contributed by atoms with Crippen LogP contribution in [0.4, 0.5) is 13.2 Å². The van der Waals surface area contributed by atoms with Crippen LogP contribution in [0.1, 0.15) is 28.7 Å². The predicted octanol–water partition coefficient (Wildman–Crippen LogP) is 7.82. The lowest BCUT2D eigenvalue weighted by atomic mass is 10.0. The second kappa shape index (κ2) is 12.9. The van der Waals surface area contributed by atoms with E-state index in [4.69, 9.17) is 16.3 Å². The van der Waals surface area contributed by atoms with Gasteiger partial charge in [-0.25, -0.2) is 0 Å². The van der Waals surface area contributed by atoms with Crippen LogP contribution >= 0.6 is 11.6 Å². The molecule has 0 unspecified atom stereocenters. The van der Waals surface area contributed by atoms with Crippen LogP contribution < -0.4 is 4.74 Å². The summed E-state index contributed by atoms with van der Waals surface area (Å²) >= 11 is 6.22. The summed E-state index contributed by atoms with van der Waals surface area (Å²) in [4.78, 5) is 23.8. The molecule has 0 aliphatic heterocycles. The third-order valence-electron chi connectivity index (χ3n) is 6.29. The minimum Gasteiger partial charge on any atom is -0.494 e. The van der Waals surface area contributed by atoms with Gasteiger partial charge in [-0.2, -0.15) is 13.2 Å². The summed E-state index contributed by atoms with van der Waals surface area (Å²) in [5.74, 6) is -0.211. The third-order valence-corrected chi connectivity index (χ3v) is 6.74. The summed E-state index contributed by atoms with van der Waals surface area (Å²) in [5.41, 5.74) is 1.22. The minimum atomic E-state index is -4.54. The van der Waals surface area contributed by atoms with Crippen molar-refractivity contribution in [1.29, 1.82) is 0 Å². The molecule has 0 saturated heterocycles. The number of fused-ring (bicyclic) bond motifs is 1. The average molecular weight is 555 g/mol. The Labute approximate surface area is 229 Å². The number of hydrogen-bond donors (Lipinski definition) is 0. The first-order valence-corrected chi connectivity index (χ1v) is 12.7. The summed E-state index contributed by atoms with van der Waals surface area (Å²) in [6.45, 7) is 1.60. The highest BCUT2D eigenvalue weighted by Gasteiger charge is 2.34. The van der Waals surface area contributed by atoms with E-state index in [0.717, 1.165) is 22.4 Å². The number of alkyl halides is 3. The fourth-order valence-electron chi connectivity index (χ4n) is 4.48. The van der Waals surface area contributed by atoms with E-state index >= 15 is 0 Å². The Kier molecular flexibility index (Phi) is 9.32. The first kappa shape index (κ1) is 28.3. The molecule has 5 nitrogen and oxygen atoms in total. The maximum Gasteiger partial charge on any atom is 0.417 e. The number of amides is 1. The van der Waals surface area contributed by atoms with E-state index in [1.54, 1.807) is 30.3 Å². The molecule has 4 aromatic carbocycles. The van der Waals surface area contributed by atoms with Gasteiger partial charge in [0.25, 0.3) is 5.91 Å². The molecule has 1 amide bonds. The zero-order valence-corrected chi connectivity index (χ0v) is 21.7.